The van der Waals surface area contributed by atoms with E-state index in [2.05, 4.69) is 15.7 Å². The summed E-state index contributed by atoms with van der Waals surface area (Å²) < 4.78 is 13.9. The van der Waals surface area contributed by atoms with Crippen molar-refractivity contribution in [2.75, 3.05) is 12.3 Å². The second-order valence-corrected chi connectivity index (χ2v) is 7.26. The third kappa shape index (κ3) is 4.44. The van der Waals surface area contributed by atoms with Gasteiger partial charge in [-0.15, -0.1) is 0 Å². The molecule has 0 unspecified atom stereocenters. The second-order valence-electron chi connectivity index (χ2n) is 5.69. The van der Waals surface area contributed by atoms with E-state index in [1.807, 2.05) is 62.8 Å². The number of aromatic nitrogens is 2. The van der Waals surface area contributed by atoms with E-state index in [-0.39, 0.29) is 12.1 Å². The molecule has 0 spiro atoms. The molecule has 2 amide bonds. The minimum Gasteiger partial charge on any atom is -0.337 e. The van der Waals surface area contributed by atoms with Crippen LogP contribution in [0.5, 0.6) is 0 Å². The number of nitrogens with one attached hydrogen (secondary N) is 2. The van der Waals surface area contributed by atoms with E-state index in [4.69, 9.17) is 0 Å². The highest BCUT2D eigenvalue weighted by Crippen LogP contribution is 2.20. The Balaban J connectivity index is 1.82. The zero-order chi connectivity index (χ0) is 17.7. The lowest BCUT2D eigenvalue weighted by Gasteiger charge is -2.15. The van der Waals surface area contributed by atoms with E-state index < -0.39 is 10.8 Å². The molecular weight excluding hydrogens is 324 g/mol. The molecule has 0 saturated heterocycles. The fourth-order valence-corrected chi connectivity index (χ4v) is 3.67. The first-order chi connectivity index (χ1) is 11.4. The molecule has 7 heteroatoms. The van der Waals surface area contributed by atoms with Gasteiger partial charge in [0.2, 0.25) is 0 Å². The quantitative estimate of drug-likeness (QED) is 0.840. The van der Waals surface area contributed by atoms with E-state index in [9.17, 15) is 9.00 Å². The smallest absolute Gasteiger partial charge is 0.315 e. The van der Waals surface area contributed by atoms with Crippen LogP contribution in [0.3, 0.4) is 0 Å². The normalized spacial score (nSPS) is 13.3. The third-order valence-electron chi connectivity index (χ3n) is 3.92. The van der Waals surface area contributed by atoms with Gasteiger partial charge in [-0.1, -0.05) is 18.2 Å². The van der Waals surface area contributed by atoms with Crippen LogP contribution in [0.4, 0.5) is 4.79 Å². The molecule has 2 atom stereocenters. The van der Waals surface area contributed by atoms with E-state index in [1.165, 1.54) is 0 Å². The highest BCUT2D eigenvalue weighted by Gasteiger charge is 2.17. The summed E-state index contributed by atoms with van der Waals surface area (Å²) in [5.41, 5.74) is 2.97. The molecule has 1 aromatic heterocycles. The van der Waals surface area contributed by atoms with Gasteiger partial charge >= 0.3 is 6.03 Å². The van der Waals surface area contributed by atoms with Gasteiger partial charge in [0.15, 0.2) is 0 Å². The Morgan fingerprint density at radius 2 is 1.96 bits per heavy atom. The molecule has 0 aliphatic heterocycles. The fraction of sp³-hybridized carbons (Fsp3) is 0.412. The summed E-state index contributed by atoms with van der Waals surface area (Å²) >= 11 is 0. The van der Waals surface area contributed by atoms with Gasteiger partial charge in [0, 0.05) is 35.5 Å². The van der Waals surface area contributed by atoms with Crippen molar-refractivity contribution < 1.29 is 9.00 Å². The minimum atomic E-state index is -1.11. The van der Waals surface area contributed by atoms with Gasteiger partial charge in [-0.05, 0) is 32.9 Å². The standard InChI is InChI=1S/C17H24N4O2S/c1-12(16-13(2)20-21(4)14(16)3)19-17(22)18-10-11-24(23)15-8-6-5-7-9-15/h5-9,12H,10-11H2,1-4H3,(H2,18,19,22)/t12-,24+/m1/s1. The van der Waals surface area contributed by atoms with Gasteiger partial charge in [-0.25, -0.2) is 4.79 Å². The number of amides is 2. The predicted molar refractivity (Wildman–Crippen MR) is 95.3 cm³/mol. The van der Waals surface area contributed by atoms with E-state index in [0.29, 0.717) is 12.3 Å². The Morgan fingerprint density at radius 3 is 2.54 bits per heavy atom. The average molecular weight is 348 g/mol. The number of nitrogens with zero attached hydrogens (tertiary/aromatic N) is 2. The summed E-state index contributed by atoms with van der Waals surface area (Å²) in [6, 6.07) is 8.84. The summed E-state index contributed by atoms with van der Waals surface area (Å²) in [7, 11) is 0.778. The molecule has 0 radical (unpaired) electrons. The summed E-state index contributed by atoms with van der Waals surface area (Å²) in [6.45, 7) is 6.19. The SMILES string of the molecule is Cc1nn(C)c(C)c1[C@@H](C)NC(=O)NCC[S@](=O)c1ccccc1. The lowest BCUT2D eigenvalue weighted by atomic mass is 10.1. The van der Waals surface area contributed by atoms with Gasteiger partial charge in [0.05, 0.1) is 22.5 Å². The molecule has 0 aliphatic rings. The lowest BCUT2D eigenvalue weighted by molar-refractivity contribution is 0.238. The van der Waals surface area contributed by atoms with Gasteiger partial charge in [-0.2, -0.15) is 5.10 Å². The second kappa shape index (κ2) is 8.10. The molecular formula is C17H24N4O2S. The number of carbonyl (C=O) groups is 1. The van der Waals surface area contributed by atoms with Crippen molar-refractivity contribution in [3.05, 3.63) is 47.3 Å². The van der Waals surface area contributed by atoms with Crippen molar-refractivity contribution in [2.45, 2.75) is 31.7 Å². The highest BCUT2D eigenvalue weighted by molar-refractivity contribution is 7.85. The Morgan fingerprint density at radius 1 is 1.29 bits per heavy atom. The Kier molecular flexibility index (Phi) is 6.14. The van der Waals surface area contributed by atoms with Crippen LogP contribution in [0.1, 0.15) is 29.9 Å². The highest BCUT2D eigenvalue weighted by atomic mass is 32.2. The van der Waals surface area contributed by atoms with Crippen LogP contribution < -0.4 is 10.6 Å². The number of hydrogen-bond acceptors (Lipinski definition) is 3. The molecule has 0 fully saturated rings. The number of aryl methyl sites for hydroxylation is 2. The van der Waals surface area contributed by atoms with Crippen molar-refractivity contribution in [1.82, 2.24) is 20.4 Å². The summed E-state index contributed by atoms with van der Waals surface area (Å²) in [4.78, 5) is 12.8. The van der Waals surface area contributed by atoms with Crippen molar-refractivity contribution in [3.8, 4) is 0 Å². The summed E-state index contributed by atoms with van der Waals surface area (Å²) in [5.74, 6) is 0.386. The van der Waals surface area contributed by atoms with Crippen molar-refractivity contribution in [1.29, 1.82) is 0 Å². The monoisotopic (exact) mass is 348 g/mol. The van der Waals surface area contributed by atoms with Crippen molar-refractivity contribution >= 4 is 16.8 Å². The Bertz CT molecular complexity index is 728. The van der Waals surface area contributed by atoms with Crippen LogP contribution in [0.25, 0.3) is 0 Å². The maximum absolute atomic E-state index is 12.1. The van der Waals surface area contributed by atoms with Gasteiger partial charge < -0.3 is 10.6 Å². The molecule has 1 heterocycles. The first-order valence-corrected chi connectivity index (χ1v) is 9.20. The maximum Gasteiger partial charge on any atom is 0.315 e. The molecule has 2 rings (SSSR count). The maximum atomic E-state index is 12.1. The minimum absolute atomic E-state index is 0.140. The van der Waals surface area contributed by atoms with Crippen LogP contribution in [-0.2, 0) is 17.8 Å². The topological polar surface area (TPSA) is 76.0 Å². The molecule has 6 nitrogen and oxygen atoms in total. The first-order valence-electron chi connectivity index (χ1n) is 7.88. The zero-order valence-electron chi connectivity index (χ0n) is 14.5. The van der Waals surface area contributed by atoms with Gasteiger partial charge in [0.1, 0.15) is 0 Å². The largest absolute Gasteiger partial charge is 0.337 e. The average Bonchev–Trinajstić information content (AvgIpc) is 2.80. The number of hydrogen-bond donors (Lipinski definition) is 2. The van der Waals surface area contributed by atoms with Crippen LogP contribution in [-0.4, -0.2) is 32.3 Å². The molecule has 2 N–H and O–H groups in total. The van der Waals surface area contributed by atoms with E-state index >= 15 is 0 Å². The van der Waals surface area contributed by atoms with E-state index in [0.717, 1.165) is 21.8 Å². The molecule has 0 saturated carbocycles. The zero-order valence-corrected chi connectivity index (χ0v) is 15.3. The molecule has 24 heavy (non-hydrogen) atoms. The lowest BCUT2D eigenvalue weighted by Crippen LogP contribution is -2.39. The molecule has 2 aromatic rings. The molecule has 0 bridgehead atoms. The van der Waals surface area contributed by atoms with Crippen molar-refractivity contribution in [2.24, 2.45) is 7.05 Å². The molecule has 130 valence electrons. The van der Waals surface area contributed by atoms with Crippen molar-refractivity contribution in [3.63, 3.8) is 0 Å². The predicted octanol–water partition coefficient (Wildman–Crippen LogP) is 2.20. The van der Waals surface area contributed by atoms with Gasteiger partial charge in [-0.3, -0.25) is 8.89 Å². The summed E-state index contributed by atoms with van der Waals surface area (Å²) in [5, 5.41) is 10.0. The fourth-order valence-electron chi connectivity index (χ4n) is 2.68. The molecule has 1 aromatic carbocycles. The molecule has 0 aliphatic carbocycles. The number of rotatable bonds is 6. The van der Waals surface area contributed by atoms with Crippen LogP contribution >= 0.6 is 0 Å². The number of urea groups is 1. The van der Waals surface area contributed by atoms with Crippen LogP contribution in [0.2, 0.25) is 0 Å². The summed E-state index contributed by atoms with van der Waals surface area (Å²) in [6.07, 6.45) is 0. The van der Waals surface area contributed by atoms with E-state index in [1.54, 1.807) is 0 Å². The van der Waals surface area contributed by atoms with Crippen LogP contribution in [0.15, 0.2) is 35.2 Å². The van der Waals surface area contributed by atoms with Gasteiger partial charge in [0.25, 0.3) is 0 Å². The third-order valence-corrected chi connectivity index (χ3v) is 5.30. The first kappa shape index (κ1) is 18.2. The Hall–Kier alpha value is -2.15. The number of carbonyl (C=O) groups excluding carboxylic acids is 1. The Labute approximate surface area is 145 Å². The van der Waals surface area contributed by atoms with Crippen LogP contribution in [0, 0.1) is 13.8 Å². The number of benzene rings is 1.